The first-order valence-corrected chi connectivity index (χ1v) is 13.9. The van der Waals surface area contributed by atoms with Crippen LogP contribution in [-0.2, 0) is 11.2 Å². The van der Waals surface area contributed by atoms with E-state index in [0.29, 0.717) is 11.5 Å². The number of piperidine rings is 2. The summed E-state index contributed by atoms with van der Waals surface area (Å²) >= 11 is 1.38. The van der Waals surface area contributed by atoms with E-state index in [1.807, 2.05) is 24.0 Å². The number of hydrogen-bond acceptors (Lipinski definition) is 6. The van der Waals surface area contributed by atoms with Crippen molar-refractivity contribution in [3.63, 3.8) is 0 Å². The Morgan fingerprint density at radius 2 is 1.75 bits per heavy atom. The van der Waals surface area contributed by atoms with E-state index in [0.717, 1.165) is 85.6 Å². The number of aromatic nitrogens is 2. The molecule has 36 heavy (non-hydrogen) atoms. The number of anilines is 2. The molecule has 0 radical (unpaired) electrons. The van der Waals surface area contributed by atoms with Crippen LogP contribution in [0.15, 0.2) is 30.5 Å². The number of rotatable bonds is 5. The van der Waals surface area contributed by atoms with Gasteiger partial charge in [0, 0.05) is 44.0 Å². The number of fused-ring (bicyclic) bond motifs is 1. The maximum absolute atomic E-state index is 13.6. The van der Waals surface area contributed by atoms with E-state index in [1.54, 1.807) is 6.20 Å². The van der Waals surface area contributed by atoms with E-state index in [1.165, 1.54) is 17.1 Å². The summed E-state index contributed by atoms with van der Waals surface area (Å²) in [6.45, 7) is 9.39. The maximum atomic E-state index is 13.6. The highest BCUT2D eigenvalue weighted by Crippen LogP contribution is 2.37. The smallest absolute Gasteiger partial charge is 0.257 e. The number of amides is 2. The van der Waals surface area contributed by atoms with Gasteiger partial charge in [0.2, 0.25) is 5.91 Å². The summed E-state index contributed by atoms with van der Waals surface area (Å²) in [5, 5.41) is 4.07. The molecular formula is C28H35N5O2S. The van der Waals surface area contributed by atoms with Crippen molar-refractivity contribution >= 4 is 44.9 Å². The van der Waals surface area contributed by atoms with Crippen LogP contribution in [-0.4, -0.2) is 52.3 Å². The number of carbonyl (C=O) groups is 2. The predicted molar refractivity (Wildman–Crippen MR) is 146 cm³/mol. The molecule has 2 saturated heterocycles. The molecule has 190 valence electrons. The van der Waals surface area contributed by atoms with Crippen molar-refractivity contribution in [1.82, 2.24) is 14.3 Å². The van der Waals surface area contributed by atoms with Gasteiger partial charge < -0.3 is 15.1 Å². The Bertz CT molecular complexity index is 1240. The van der Waals surface area contributed by atoms with E-state index >= 15 is 0 Å². The molecule has 1 aromatic carbocycles. The topological polar surface area (TPSA) is 78.4 Å². The normalized spacial score (nSPS) is 17.5. The Morgan fingerprint density at radius 1 is 1.06 bits per heavy atom. The van der Waals surface area contributed by atoms with Gasteiger partial charge in [-0.05, 0) is 74.2 Å². The van der Waals surface area contributed by atoms with Crippen LogP contribution in [0.2, 0.25) is 0 Å². The van der Waals surface area contributed by atoms with E-state index < -0.39 is 0 Å². The molecule has 2 fully saturated rings. The Labute approximate surface area is 217 Å². The first kappa shape index (κ1) is 24.7. The molecule has 0 bridgehead atoms. The van der Waals surface area contributed by atoms with Crippen LogP contribution in [0, 0.1) is 18.8 Å². The third kappa shape index (κ3) is 4.96. The van der Waals surface area contributed by atoms with Crippen LogP contribution in [0.1, 0.15) is 61.1 Å². The van der Waals surface area contributed by atoms with Crippen molar-refractivity contribution in [1.29, 1.82) is 0 Å². The minimum Gasteiger partial charge on any atom is -0.370 e. The number of nitrogens with one attached hydrogen (secondary N) is 1. The van der Waals surface area contributed by atoms with E-state index in [2.05, 4.69) is 45.6 Å². The zero-order chi connectivity index (χ0) is 25.2. The van der Waals surface area contributed by atoms with Gasteiger partial charge in [-0.3, -0.25) is 9.59 Å². The molecule has 5 rings (SSSR count). The van der Waals surface area contributed by atoms with Crippen molar-refractivity contribution in [2.45, 2.75) is 52.9 Å². The molecule has 0 saturated carbocycles. The quantitative estimate of drug-likeness (QED) is 0.510. The standard InChI is InChI=1S/C28H35N5O2S/c1-4-20-5-7-22(8-6-20)30-26(34)21-11-15-32(16-12-21)25-23(17-29-27-24(25)19(3)31-36-27)28(35)33-13-9-18(2)10-14-33/h5-8,17-18,21H,4,9-16H2,1-3H3,(H,30,34). The minimum absolute atomic E-state index is 0.0474. The summed E-state index contributed by atoms with van der Waals surface area (Å²) < 4.78 is 4.54. The van der Waals surface area contributed by atoms with Gasteiger partial charge >= 0.3 is 0 Å². The summed E-state index contributed by atoms with van der Waals surface area (Å²) in [7, 11) is 0. The molecular weight excluding hydrogens is 470 g/mol. The molecule has 3 aromatic rings. The molecule has 8 heteroatoms. The summed E-state index contributed by atoms with van der Waals surface area (Å²) in [5.41, 5.74) is 4.63. The molecule has 0 spiro atoms. The van der Waals surface area contributed by atoms with Crippen LogP contribution in [0.3, 0.4) is 0 Å². The van der Waals surface area contributed by atoms with Gasteiger partial charge in [-0.25, -0.2) is 4.98 Å². The number of hydrogen-bond donors (Lipinski definition) is 1. The molecule has 0 atom stereocenters. The second kappa shape index (κ2) is 10.5. The lowest BCUT2D eigenvalue weighted by molar-refractivity contribution is -0.120. The van der Waals surface area contributed by atoms with E-state index in [-0.39, 0.29) is 17.7 Å². The maximum Gasteiger partial charge on any atom is 0.257 e. The highest BCUT2D eigenvalue weighted by molar-refractivity contribution is 7.13. The lowest BCUT2D eigenvalue weighted by Gasteiger charge is -2.36. The van der Waals surface area contributed by atoms with Crippen molar-refractivity contribution in [3.8, 4) is 0 Å². The Balaban J connectivity index is 1.34. The number of pyridine rings is 1. The van der Waals surface area contributed by atoms with Crippen molar-refractivity contribution in [2.75, 3.05) is 36.4 Å². The molecule has 2 aromatic heterocycles. The third-order valence-electron chi connectivity index (χ3n) is 7.76. The molecule has 0 unspecified atom stereocenters. The lowest BCUT2D eigenvalue weighted by Crippen LogP contribution is -2.41. The van der Waals surface area contributed by atoms with Crippen molar-refractivity contribution < 1.29 is 9.59 Å². The summed E-state index contributed by atoms with van der Waals surface area (Å²) in [4.78, 5) is 36.4. The van der Waals surface area contributed by atoms with Crippen molar-refractivity contribution in [3.05, 3.63) is 47.3 Å². The second-order valence-electron chi connectivity index (χ2n) is 10.2. The zero-order valence-corrected chi connectivity index (χ0v) is 22.2. The van der Waals surface area contributed by atoms with Gasteiger partial charge in [-0.15, -0.1) is 0 Å². The van der Waals surface area contributed by atoms with Crippen LogP contribution >= 0.6 is 11.5 Å². The number of aryl methyl sites for hydroxylation is 2. The second-order valence-corrected chi connectivity index (χ2v) is 11.0. The van der Waals surface area contributed by atoms with Gasteiger partial charge in [-0.1, -0.05) is 26.0 Å². The highest BCUT2D eigenvalue weighted by Gasteiger charge is 2.31. The van der Waals surface area contributed by atoms with Gasteiger partial charge in [0.15, 0.2) is 0 Å². The van der Waals surface area contributed by atoms with Crippen LogP contribution in [0.25, 0.3) is 10.2 Å². The SMILES string of the molecule is CCc1ccc(NC(=O)C2CCN(c3c(C(=O)N4CCC(C)CC4)cnc4snc(C)c34)CC2)cc1. The van der Waals surface area contributed by atoms with E-state index in [9.17, 15) is 9.59 Å². The summed E-state index contributed by atoms with van der Waals surface area (Å²) in [5.74, 6) is 0.749. The number of nitrogens with zero attached hydrogens (tertiary/aromatic N) is 4. The number of likely N-dealkylation sites (tertiary alicyclic amines) is 1. The molecule has 4 heterocycles. The largest absolute Gasteiger partial charge is 0.370 e. The van der Waals surface area contributed by atoms with Gasteiger partial charge in [0.1, 0.15) is 4.83 Å². The highest BCUT2D eigenvalue weighted by atomic mass is 32.1. The number of carbonyl (C=O) groups excluding carboxylic acids is 2. The number of benzene rings is 1. The monoisotopic (exact) mass is 505 g/mol. The minimum atomic E-state index is -0.0474. The zero-order valence-electron chi connectivity index (χ0n) is 21.4. The molecule has 0 aliphatic carbocycles. The third-order valence-corrected chi connectivity index (χ3v) is 8.61. The fourth-order valence-electron chi connectivity index (χ4n) is 5.34. The first-order valence-electron chi connectivity index (χ1n) is 13.1. The van der Waals surface area contributed by atoms with Crippen LogP contribution < -0.4 is 10.2 Å². The van der Waals surface area contributed by atoms with Gasteiger partial charge in [0.25, 0.3) is 5.91 Å². The predicted octanol–water partition coefficient (Wildman–Crippen LogP) is 5.29. The summed E-state index contributed by atoms with van der Waals surface area (Å²) in [6.07, 6.45) is 6.29. The van der Waals surface area contributed by atoms with Gasteiger partial charge in [0.05, 0.1) is 22.3 Å². The Morgan fingerprint density at radius 3 is 2.42 bits per heavy atom. The lowest BCUT2D eigenvalue weighted by atomic mass is 9.94. The average molecular weight is 506 g/mol. The fourth-order valence-corrected chi connectivity index (χ4v) is 6.09. The van der Waals surface area contributed by atoms with Crippen LogP contribution in [0.4, 0.5) is 11.4 Å². The van der Waals surface area contributed by atoms with Crippen molar-refractivity contribution in [2.24, 2.45) is 11.8 Å². The molecule has 2 aliphatic rings. The molecule has 7 nitrogen and oxygen atoms in total. The van der Waals surface area contributed by atoms with E-state index in [4.69, 9.17) is 0 Å². The van der Waals surface area contributed by atoms with Crippen LogP contribution in [0.5, 0.6) is 0 Å². The Hall–Kier alpha value is -3.00. The average Bonchev–Trinajstić information content (AvgIpc) is 3.29. The molecule has 1 N–H and O–H groups in total. The van der Waals surface area contributed by atoms with Gasteiger partial charge in [-0.2, -0.15) is 4.37 Å². The first-order chi connectivity index (χ1) is 17.4. The molecule has 2 aliphatic heterocycles. The Kier molecular flexibility index (Phi) is 7.23. The fraction of sp³-hybridized carbons (Fsp3) is 0.500. The summed E-state index contributed by atoms with van der Waals surface area (Å²) in [6, 6.07) is 8.08. The molecule has 2 amide bonds.